The van der Waals surface area contributed by atoms with Crippen molar-refractivity contribution in [2.45, 2.75) is 77.1 Å². The van der Waals surface area contributed by atoms with Gasteiger partial charge in [0, 0.05) is 43.7 Å². The second-order valence-electron chi connectivity index (χ2n) is 10.7. The zero-order valence-electron chi connectivity index (χ0n) is 25.9. The fourth-order valence-electron chi connectivity index (χ4n) is 5.06. The lowest BCUT2D eigenvalue weighted by Crippen LogP contribution is -2.40. The van der Waals surface area contributed by atoms with Gasteiger partial charge >= 0.3 is 11.4 Å². The van der Waals surface area contributed by atoms with Gasteiger partial charge in [-0.2, -0.15) is 0 Å². The predicted octanol–water partition coefficient (Wildman–Crippen LogP) is -1.05. The van der Waals surface area contributed by atoms with Crippen molar-refractivity contribution in [1.82, 2.24) is 19.1 Å². The minimum atomic E-state index is -0.856. The molecule has 0 radical (unpaired) electrons. The molecule has 0 amide bonds. The molecule has 4 rings (SSSR count). The van der Waals surface area contributed by atoms with Crippen LogP contribution in [0.3, 0.4) is 0 Å². The Balaban J connectivity index is 0.000000240. The van der Waals surface area contributed by atoms with Crippen molar-refractivity contribution in [2.75, 3.05) is 47.3 Å². The number of nitrogens with one attached hydrogen (secondary N) is 2. The molecule has 2 aromatic rings. The molecule has 2 unspecified atom stereocenters. The van der Waals surface area contributed by atoms with Gasteiger partial charge in [0.05, 0.1) is 45.2 Å². The maximum Gasteiger partial charge on any atom is 0.330 e. The van der Waals surface area contributed by atoms with Gasteiger partial charge in [-0.05, 0) is 20.3 Å². The summed E-state index contributed by atoms with van der Waals surface area (Å²) in [6.45, 7) is 8.21. The van der Waals surface area contributed by atoms with Crippen molar-refractivity contribution in [1.29, 1.82) is 0 Å². The van der Waals surface area contributed by atoms with E-state index in [2.05, 4.69) is 9.97 Å². The molecule has 0 aromatic carbocycles. The lowest BCUT2D eigenvalue weighted by molar-refractivity contribution is -0.0798. The summed E-state index contributed by atoms with van der Waals surface area (Å²) in [7, 11) is 3.12. The van der Waals surface area contributed by atoms with E-state index in [0.29, 0.717) is 37.4 Å². The molecule has 2 aromatic heterocycles. The van der Waals surface area contributed by atoms with Gasteiger partial charge in [-0.25, -0.2) is 9.59 Å². The first-order valence-corrected chi connectivity index (χ1v) is 14.4. The first kappa shape index (κ1) is 35.5. The van der Waals surface area contributed by atoms with Crippen LogP contribution in [0, 0.1) is 19.8 Å². The number of aryl methyl sites for hydroxylation is 2. The number of aromatic nitrogens is 4. The topological polar surface area (TPSA) is 206 Å². The Morgan fingerprint density at radius 2 is 1.25 bits per heavy atom. The third-order valence-electron chi connectivity index (χ3n) is 7.63. The summed E-state index contributed by atoms with van der Waals surface area (Å²) < 4.78 is 35.3. The summed E-state index contributed by atoms with van der Waals surface area (Å²) in [5.74, 6) is -0.106. The Morgan fingerprint density at radius 3 is 1.70 bits per heavy atom. The van der Waals surface area contributed by atoms with Crippen LogP contribution in [0.1, 0.15) is 43.9 Å². The van der Waals surface area contributed by atoms with Gasteiger partial charge in [0.2, 0.25) is 0 Å². The van der Waals surface area contributed by atoms with Gasteiger partial charge in [0.25, 0.3) is 11.1 Å². The van der Waals surface area contributed by atoms with Gasteiger partial charge in [0.1, 0.15) is 18.3 Å². The molecular weight excluding hydrogens is 584 g/mol. The van der Waals surface area contributed by atoms with Crippen molar-refractivity contribution in [3.63, 3.8) is 0 Å². The van der Waals surface area contributed by atoms with Crippen LogP contribution in [0.5, 0.6) is 0 Å². The summed E-state index contributed by atoms with van der Waals surface area (Å²) in [4.78, 5) is 51.5. The maximum absolute atomic E-state index is 12.0. The third kappa shape index (κ3) is 8.19. The lowest BCUT2D eigenvalue weighted by atomic mass is 10.0. The first-order valence-electron chi connectivity index (χ1n) is 14.4. The van der Waals surface area contributed by atoms with Gasteiger partial charge in [0.15, 0.2) is 12.5 Å². The van der Waals surface area contributed by atoms with Crippen LogP contribution >= 0.6 is 0 Å². The second kappa shape index (κ2) is 16.4. The molecule has 0 spiro atoms. The zero-order chi connectivity index (χ0) is 32.6. The quantitative estimate of drug-likeness (QED) is 0.208. The summed E-state index contributed by atoms with van der Waals surface area (Å²) in [5, 5.41) is 19.7. The predicted molar refractivity (Wildman–Crippen MR) is 156 cm³/mol. The smallest absolute Gasteiger partial charge is 0.330 e. The van der Waals surface area contributed by atoms with Gasteiger partial charge < -0.3 is 38.6 Å². The van der Waals surface area contributed by atoms with Crippen LogP contribution in [0.15, 0.2) is 31.6 Å². The highest BCUT2D eigenvalue weighted by atomic mass is 16.6. The number of nitrogens with zero attached hydrogens (tertiary/aromatic N) is 2. The number of methoxy groups -OCH3 is 2. The summed E-state index contributed by atoms with van der Waals surface area (Å²) in [5.41, 5.74) is -1.24. The van der Waals surface area contributed by atoms with E-state index in [0.717, 1.165) is 0 Å². The normalized spacial score (nSPS) is 28.2. The number of hydrogen-bond donors (Lipinski definition) is 4. The van der Waals surface area contributed by atoms with Gasteiger partial charge in [-0.3, -0.25) is 28.7 Å². The lowest BCUT2D eigenvalue weighted by Gasteiger charge is -2.23. The fourth-order valence-corrected chi connectivity index (χ4v) is 5.06. The molecule has 2 saturated heterocycles. The molecule has 0 aliphatic carbocycles. The Morgan fingerprint density at radius 1 is 0.795 bits per heavy atom. The van der Waals surface area contributed by atoms with Crippen LogP contribution in [0.2, 0.25) is 0 Å². The Bertz CT molecular complexity index is 1330. The molecule has 248 valence electrons. The number of aliphatic hydroxyl groups is 2. The van der Waals surface area contributed by atoms with E-state index in [4.69, 9.17) is 28.4 Å². The number of rotatable bonds is 12. The molecule has 44 heavy (non-hydrogen) atoms. The summed E-state index contributed by atoms with van der Waals surface area (Å²) >= 11 is 0. The standard InChI is InChI=1S/2C14H22N2O6/c1-8-6-16(14(19)15-12(8)18)13-11(21-5-4-20-3)9(2)10(7-17)22-13;1-4-9-10(17)11(21-6-5-20-3)13(22-9)16-7-8(2)12(18)15-14(16)19/h6,9-11,13,17H,4-5,7H2,1-3H3,(H,15,18,19);7,9-11,13,17H,4-6H2,1-3H3,(H,15,18,19)/t9-,10+,11?,13+;9-,10+,11?,13-/m01/s1. The zero-order valence-corrected chi connectivity index (χ0v) is 25.9. The molecular formula is C28H44N4O12. The van der Waals surface area contributed by atoms with Crippen LogP contribution in [0.25, 0.3) is 0 Å². The molecule has 0 bridgehead atoms. The fraction of sp³-hybridized carbons (Fsp3) is 0.714. The molecule has 2 aliphatic rings. The Hall–Kier alpha value is -2.96. The highest BCUT2D eigenvalue weighted by Gasteiger charge is 2.45. The third-order valence-corrected chi connectivity index (χ3v) is 7.63. The minimum absolute atomic E-state index is 0.106. The van der Waals surface area contributed by atoms with Crippen molar-refractivity contribution in [2.24, 2.45) is 5.92 Å². The SMILES string of the molecule is CC[C@H]1O[C@@H](n2cc(C)c(=O)[nH]c2=O)C(OCCOC)[C@H]1O.COCCOC1[C@@H](C)[C@@H](CO)O[C@H]1n1cc(C)c(=O)[nH]c1=O. The summed E-state index contributed by atoms with van der Waals surface area (Å²) in [6, 6.07) is 0. The number of H-pyrrole nitrogens is 2. The van der Waals surface area contributed by atoms with Crippen molar-refractivity contribution < 1.29 is 38.6 Å². The summed E-state index contributed by atoms with van der Waals surface area (Å²) in [6.07, 6.45) is -0.891. The highest BCUT2D eigenvalue weighted by Crippen LogP contribution is 2.35. The number of hydrogen-bond acceptors (Lipinski definition) is 12. The maximum atomic E-state index is 12.0. The van der Waals surface area contributed by atoms with Crippen molar-refractivity contribution >= 4 is 0 Å². The molecule has 4 N–H and O–H groups in total. The van der Waals surface area contributed by atoms with E-state index in [9.17, 15) is 29.4 Å². The Labute approximate surface area is 253 Å². The molecule has 4 heterocycles. The Kier molecular flexibility index (Phi) is 13.2. The highest BCUT2D eigenvalue weighted by molar-refractivity contribution is 5.04. The largest absolute Gasteiger partial charge is 0.394 e. The number of ether oxygens (including phenoxy) is 6. The molecule has 2 aliphatic heterocycles. The van der Waals surface area contributed by atoms with Crippen LogP contribution < -0.4 is 22.5 Å². The first-order chi connectivity index (χ1) is 21.0. The van der Waals surface area contributed by atoms with E-state index in [1.807, 2.05) is 13.8 Å². The molecule has 16 heteroatoms. The second-order valence-corrected chi connectivity index (χ2v) is 10.7. The average molecular weight is 629 g/mol. The average Bonchev–Trinajstić information content (AvgIpc) is 3.48. The molecule has 0 saturated carbocycles. The van der Waals surface area contributed by atoms with Crippen LogP contribution in [-0.2, 0) is 28.4 Å². The molecule has 8 atom stereocenters. The monoisotopic (exact) mass is 628 g/mol. The van der Waals surface area contributed by atoms with Crippen LogP contribution in [0.4, 0.5) is 0 Å². The minimum Gasteiger partial charge on any atom is -0.394 e. The van der Waals surface area contributed by atoms with E-state index in [1.54, 1.807) is 28.1 Å². The van der Waals surface area contributed by atoms with Gasteiger partial charge in [-0.1, -0.05) is 13.8 Å². The van der Waals surface area contributed by atoms with E-state index < -0.39 is 65.5 Å². The van der Waals surface area contributed by atoms with Gasteiger partial charge in [-0.15, -0.1) is 0 Å². The van der Waals surface area contributed by atoms with Crippen LogP contribution in [-0.4, -0.2) is 107 Å². The van der Waals surface area contributed by atoms with Crippen molar-refractivity contribution in [3.05, 3.63) is 65.2 Å². The molecule has 2 fully saturated rings. The van der Waals surface area contributed by atoms with Crippen molar-refractivity contribution in [3.8, 4) is 0 Å². The van der Waals surface area contributed by atoms with E-state index in [1.165, 1.54) is 21.5 Å². The number of aliphatic hydroxyl groups excluding tert-OH is 2. The van der Waals surface area contributed by atoms with E-state index >= 15 is 0 Å². The molecule has 16 nitrogen and oxygen atoms in total. The number of aromatic amines is 2. The van der Waals surface area contributed by atoms with E-state index in [-0.39, 0.29) is 19.1 Å².